The summed E-state index contributed by atoms with van der Waals surface area (Å²) in [4.78, 5) is 22.9. The van der Waals surface area contributed by atoms with Gasteiger partial charge in [-0.25, -0.2) is 4.79 Å². The lowest BCUT2D eigenvalue weighted by molar-refractivity contribution is -0.278. The fourth-order valence-electron chi connectivity index (χ4n) is 2.05. The van der Waals surface area contributed by atoms with Crippen LogP contribution in [0.3, 0.4) is 0 Å². The van der Waals surface area contributed by atoms with Crippen molar-refractivity contribution in [3.05, 3.63) is 0 Å². The second-order valence-corrected chi connectivity index (χ2v) is 4.44. The Morgan fingerprint density at radius 1 is 1.19 bits per heavy atom. The summed E-state index contributed by atoms with van der Waals surface area (Å²) in [5.41, 5.74) is 0. The van der Waals surface area contributed by atoms with Gasteiger partial charge in [0.2, 0.25) is 11.8 Å². The number of aliphatic hydroxyl groups is 1. The Morgan fingerprint density at radius 3 is 2.05 bits per heavy atom. The van der Waals surface area contributed by atoms with Gasteiger partial charge in [-0.1, -0.05) is 0 Å². The third-order valence-corrected chi connectivity index (χ3v) is 2.94. The largest absolute Gasteiger partial charge is 0.467 e. The number of amides is 1. The first-order valence-corrected chi connectivity index (χ1v) is 5.59. The van der Waals surface area contributed by atoms with Gasteiger partial charge >= 0.3 is 18.3 Å². The van der Waals surface area contributed by atoms with Crippen LogP contribution in [0.5, 0.6) is 0 Å². The number of ether oxygens (including phenoxy) is 1. The van der Waals surface area contributed by atoms with E-state index in [1.165, 1.54) is 0 Å². The zero-order valence-electron chi connectivity index (χ0n) is 10.5. The van der Waals surface area contributed by atoms with Gasteiger partial charge in [-0.2, -0.15) is 26.3 Å². The highest BCUT2D eigenvalue weighted by Crippen LogP contribution is 2.41. The number of esters is 1. The SMILES string of the molecule is COC(=O)C1CC(O)CN1C(=O)C(C(F)(F)F)C(F)(F)F. The summed E-state index contributed by atoms with van der Waals surface area (Å²) in [6.07, 6.45) is -13.6. The number of carbonyl (C=O) groups is 2. The topological polar surface area (TPSA) is 66.8 Å². The van der Waals surface area contributed by atoms with Crippen LogP contribution < -0.4 is 0 Å². The number of alkyl halides is 6. The zero-order chi connectivity index (χ0) is 16.6. The van der Waals surface area contributed by atoms with Crippen LogP contribution in [-0.4, -0.2) is 60.0 Å². The summed E-state index contributed by atoms with van der Waals surface area (Å²) in [5, 5.41) is 9.29. The van der Waals surface area contributed by atoms with Gasteiger partial charge in [0.1, 0.15) is 6.04 Å². The molecule has 1 rings (SSSR count). The normalized spacial score (nSPS) is 23.6. The standard InChI is InChI=1S/C10H11F6NO4/c1-21-8(20)5-2-4(18)3-17(5)7(19)6(9(11,12)13)10(14,15)16/h4-6,18H,2-3H2,1H3. The van der Waals surface area contributed by atoms with Gasteiger partial charge in [-0.3, -0.25) is 4.79 Å². The van der Waals surface area contributed by atoms with E-state index >= 15 is 0 Å². The molecule has 2 atom stereocenters. The quantitative estimate of drug-likeness (QED) is 0.605. The molecule has 0 saturated carbocycles. The number of nitrogens with zero attached hydrogens (tertiary/aromatic N) is 1. The van der Waals surface area contributed by atoms with Crippen LogP contribution in [0.1, 0.15) is 6.42 Å². The Morgan fingerprint density at radius 2 is 1.67 bits per heavy atom. The van der Waals surface area contributed by atoms with E-state index in [1.54, 1.807) is 0 Å². The Hall–Kier alpha value is -1.52. The van der Waals surface area contributed by atoms with Crippen molar-refractivity contribution in [3.63, 3.8) is 0 Å². The molecule has 11 heteroatoms. The Balaban J connectivity index is 3.11. The maximum absolute atomic E-state index is 12.5. The number of halogens is 6. The van der Waals surface area contributed by atoms with Crippen LogP contribution >= 0.6 is 0 Å². The number of carbonyl (C=O) groups excluding carboxylic acids is 2. The van der Waals surface area contributed by atoms with Gasteiger partial charge in [-0.15, -0.1) is 0 Å². The molecule has 0 radical (unpaired) electrons. The molecule has 1 fully saturated rings. The van der Waals surface area contributed by atoms with E-state index in [4.69, 9.17) is 0 Å². The van der Waals surface area contributed by atoms with Crippen molar-refractivity contribution in [2.75, 3.05) is 13.7 Å². The molecule has 1 amide bonds. The van der Waals surface area contributed by atoms with Crippen molar-refractivity contribution in [2.45, 2.75) is 30.9 Å². The van der Waals surface area contributed by atoms with Crippen molar-refractivity contribution in [1.82, 2.24) is 4.90 Å². The summed E-state index contributed by atoms with van der Waals surface area (Å²) < 4.78 is 79.1. The fourth-order valence-corrected chi connectivity index (χ4v) is 2.05. The van der Waals surface area contributed by atoms with Crippen LogP contribution in [0.25, 0.3) is 0 Å². The molecule has 1 aliphatic rings. The first-order chi connectivity index (χ1) is 9.39. The number of hydrogen-bond acceptors (Lipinski definition) is 4. The highest BCUT2D eigenvalue weighted by atomic mass is 19.4. The van der Waals surface area contributed by atoms with Gasteiger partial charge in [0.15, 0.2) is 0 Å². The predicted octanol–water partition coefficient (Wildman–Crippen LogP) is 0.862. The molecule has 0 aromatic rings. The minimum Gasteiger partial charge on any atom is -0.467 e. The van der Waals surface area contributed by atoms with Crippen molar-refractivity contribution < 1.29 is 45.8 Å². The minimum atomic E-state index is -5.86. The van der Waals surface area contributed by atoms with Gasteiger partial charge in [0.05, 0.1) is 13.2 Å². The number of likely N-dealkylation sites (tertiary alicyclic amines) is 1. The Kier molecular flexibility index (Phi) is 4.76. The van der Waals surface area contributed by atoms with Crippen molar-refractivity contribution in [1.29, 1.82) is 0 Å². The van der Waals surface area contributed by atoms with E-state index in [0.717, 1.165) is 7.11 Å². The van der Waals surface area contributed by atoms with Crippen molar-refractivity contribution in [2.24, 2.45) is 5.92 Å². The van der Waals surface area contributed by atoms with Crippen LogP contribution in [0.2, 0.25) is 0 Å². The van der Waals surface area contributed by atoms with E-state index < -0.39 is 55.3 Å². The molecule has 1 saturated heterocycles. The number of aliphatic hydroxyl groups excluding tert-OH is 1. The molecule has 122 valence electrons. The third kappa shape index (κ3) is 3.77. The predicted molar refractivity (Wildman–Crippen MR) is 53.7 cm³/mol. The highest BCUT2D eigenvalue weighted by molar-refractivity contribution is 5.87. The second-order valence-electron chi connectivity index (χ2n) is 4.44. The maximum Gasteiger partial charge on any atom is 0.409 e. The lowest BCUT2D eigenvalue weighted by atomic mass is 10.1. The van der Waals surface area contributed by atoms with Gasteiger partial charge < -0.3 is 14.7 Å². The Bertz CT molecular complexity index is 407. The number of methoxy groups -OCH3 is 1. The smallest absolute Gasteiger partial charge is 0.409 e. The van der Waals surface area contributed by atoms with E-state index in [9.17, 15) is 41.0 Å². The molecule has 1 aliphatic heterocycles. The summed E-state index contributed by atoms with van der Waals surface area (Å²) in [6.45, 7) is -0.804. The number of hydrogen-bond donors (Lipinski definition) is 1. The average Bonchev–Trinajstić information content (AvgIpc) is 2.66. The molecule has 2 unspecified atom stereocenters. The van der Waals surface area contributed by atoms with Gasteiger partial charge in [0.25, 0.3) is 0 Å². The molecule has 1 heterocycles. The van der Waals surface area contributed by atoms with Gasteiger partial charge in [0, 0.05) is 13.0 Å². The molecule has 0 aromatic heterocycles. The minimum absolute atomic E-state index is 0.0577. The first-order valence-electron chi connectivity index (χ1n) is 5.59. The fraction of sp³-hybridized carbons (Fsp3) is 0.800. The number of β-amino-alcohol motifs (C(OH)–C–C–N with tert-alkyl or cyclic N) is 1. The summed E-state index contributed by atoms with van der Waals surface area (Å²) in [7, 11) is 0.862. The average molecular weight is 323 g/mol. The van der Waals surface area contributed by atoms with Crippen LogP contribution in [0, 0.1) is 5.92 Å². The van der Waals surface area contributed by atoms with Crippen LogP contribution in [0.15, 0.2) is 0 Å². The van der Waals surface area contributed by atoms with E-state index in [1.807, 2.05) is 0 Å². The molecule has 0 aromatic carbocycles. The third-order valence-electron chi connectivity index (χ3n) is 2.94. The summed E-state index contributed by atoms with van der Waals surface area (Å²) >= 11 is 0. The van der Waals surface area contributed by atoms with E-state index in [-0.39, 0.29) is 4.90 Å². The first kappa shape index (κ1) is 17.5. The molecule has 0 spiro atoms. The number of rotatable bonds is 2. The maximum atomic E-state index is 12.5. The lowest BCUT2D eigenvalue weighted by Gasteiger charge is -2.29. The van der Waals surface area contributed by atoms with Crippen LogP contribution in [-0.2, 0) is 14.3 Å². The van der Waals surface area contributed by atoms with Crippen molar-refractivity contribution in [3.8, 4) is 0 Å². The van der Waals surface area contributed by atoms with Crippen LogP contribution in [0.4, 0.5) is 26.3 Å². The molecule has 1 N–H and O–H groups in total. The van der Waals surface area contributed by atoms with E-state index in [2.05, 4.69) is 4.74 Å². The Labute approximate surface area is 114 Å². The molecular weight excluding hydrogens is 312 g/mol. The lowest BCUT2D eigenvalue weighted by Crippen LogP contribution is -2.52. The van der Waals surface area contributed by atoms with E-state index in [0.29, 0.717) is 0 Å². The summed E-state index contributed by atoms with van der Waals surface area (Å²) in [5.74, 6) is -7.77. The molecule has 0 bridgehead atoms. The molecular formula is C10H11F6NO4. The monoisotopic (exact) mass is 323 g/mol. The molecule has 5 nitrogen and oxygen atoms in total. The second kappa shape index (κ2) is 5.70. The molecule has 0 aliphatic carbocycles. The molecule has 21 heavy (non-hydrogen) atoms. The summed E-state index contributed by atoms with van der Waals surface area (Å²) in [6, 6.07) is -1.68. The van der Waals surface area contributed by atoms with Crippen molar-refractivity contribution >= 4 is 11.9 Å². The zero-order valence-corrected chi connectivity index (χ0v) is 10.5. The van der Waals surface area contributed by atoms with Gasteiger partial charge in [-0.05, 0) is 0 Å². The highest BCUT2D eigenvalue weighted by Gasteiger charge is 2.63.